The second-order valence-corrected chi connectivity index (χ2v) is 2.74. The van der Waals surface area contributed by atoms with Crippen molar-refractivity contribution in [2.75, 3.05) is 5.32 Å². The maximum Gasteiger partial charge on any atom is 0.409 e. The van der Waals surface area contributed by atoms with Crippen LogP contribution in [0.4, 0.5) is 10.5 Å². The fourth-order valence-electron chi connectivity index (χ4n) is 0.914. The summed E-state index contributed by atoms with van der Waals surface area (Å²) in [6, 6.07) is 4.76. The van der Waals surface area contributed by atoms with Gasteiger partial charge in [-0.2, -0.15) is 0 Å². The second kappa shape index (κ2) is 4.11. The molecule has 0 aliphatic rings. The van der Waals surface area contributed by atoms with Crippen molar-refractivity contribution >= 4 is 23.4 Å². The van der Waals surface area contributed by atoms with Gasteiger partial charge in [0.1, 0.15) is 0 Å². The summed E-state index contributed by atoms with van der Waals surface area (Å²) in [6.07, 6.45) is -1.18. The van der Waals surface area contributed by atoms with Gasteiger partial charge >= 0.3 is 6.09 Å². The van der Waals surface area contributed by atoms with E-state index < -0.39 is 6.09 Å². The molecule has 0 aliphatic heterocycles. The smallest absolute Gasteiger partial charge is 0.409 e. The molecule has 3 N–H and O–H groups in total. The molecule has 0 saturated carbocycles. The minimum Gasteiger partial charge on any atom is -0.465 e. The Hall–Kier alpha value is -1.26. The number of aliphatic hydroxyl groups is 1. The molecule has 5 heteroatoms. The zero-order valence-electron chi connectivity index (χ0n) is 6.62. The fourth-order valence-corrected chi connectivity index (χ4v) is 1.15. The molecule has 0 unspecified atom stereocenters. The van der Waals surface area contributed by atoms with Gasteiger partial charge in [-0.05, 0) is 11.6 Å². The van der Waals surface area contributed by atoms with Crippen molar-refractivity contribution in [1.82, 2.24) is 0 Å². The monoisotopic (exact) mass is 201 g/mol. The second-order valence-electron chi connectivity index (χ2n) is 2.37. The van der Waals surface area contributed by atoms with Gasteiger partial charge in [0.2, 0.25) is 0 Å². The van der Waals surface area contributed by atoms with Crippen LogP contribution in [0.25, 0.3) is 0 Å². The van der Waals surface area contributed by atoms with E-state index in [0.29, 0.717) is 5.56 Å². The maximum atomic E-state index is 10.3. The number of carbonyl (C=O) groups is 1. The third-order valence-corrected chi connectivity index (χ3v) is 1.94. The standard InChI is InChI=1S/C8H8ClNO3/c9-7-5(4-11)2-1-3-6(7)10-8(12)13/h1-3,10-11H,4H2,(H,12,13). The Labute approximate surface area is 79.8 Å². The topological polar surface area (TPSA) is 69.6 Å². The van der Waals surface area contributed by atoms with E-state index >= 15 is 0 Å². The number of nitrogens with one attached hydrogen (secondary N) is 1. The summed E-state index contributed by atoms with van der Waals surface area (Å²) in [7, 11) is 0. The van der Waals surface area contributed by atoms with E-state index in [9.17, 15) is 4.79 Å². The third kappa shape index (κ3) is 2.34. The van der Waals surface area contributed by atoms with E-state index in [0.717, 1.165) is 0 Å². The van der Waals surface area contributed by atoms with Crippen LogP contribution in [0.3, 0.4) is 0 Å². The Bertz CT molecular complexity index is 327. The van der Waals surface area contributed by atoms with E-state index in [-0.39, 0.29) is 17.3 Å². The predicted octanol–water partition coefficient (Wildman–Crippen LogP) is 1.92. The lowest BCUT2D eigenvalue weighted by Gasteiger charge is -2.06. The number of carboxylic acid groups (broad SMARTS) is 1. The van der Waals surface area contributed by atoms with Crippen molar-refractivity contribution in [3.8, 4) is 0 Å². The Morgan fingerprint density at radius 3 is 2.77 bits per heavy atom. The van der Waals surface area contributed by atoms with Crippen molar-refractivity contribution in [2.24, 2.45) is 0 Å². The number of hydrogen-bond acceptors (Lipinski definition) is 2. The Morgan fingerprint density at radius 1 is 1.54 bits per heavy atom. The summed E-state index contributed by atoms with van der Waals surface area (Å²) in [6.45, 7) is -0.214. The minimum atomic E-state index is -1.18. The van der Waals surface area contributed by atoms with Crippen LogP contribution >= 0.6 is 11.6 Å². The summed E-state index contributed by atoms with van der Waals surface area (Å²) < 4.78 is 0. The SMILES string of the molecule is O=C(O)Nc1cccc(CO)c1Cl. The molecule has 0 spiro atoms. The summed E-state index contributed by atoms with van der Waals surface area (Å²) in [5.41, 5.74) is 0.772. The Balaban J connectivity index is 3.01. The Morgan fingerprint density at radius 2 is 2.23 bits per heavy atom. The highest BCUT2D eigenvalue weighted by Crippen LogP contribution is 2.25. The van der Waals surface area contributed by atoms with Crippen molar-refractivity contribution in [1.29, 1.82) is 0 Å². The molecule has 0 heterocycles. The molecule has 0 aliphatic carbocycles. The molecule has 0 radical (unpaired) electrons. The van der Waals surface area contributed by atoms with Crippen LogP contribution in [-0.2, 0) is 6.61 Å². The van der Waals surface area contributed by atoms with Crippen LogP contribution in [0.1, 0.15) is 5.56 Å². The zero-order chi connectivity index (χ0) is 9.84. The minimum absolute atomic E-state index is 0.214. The van der Waals surface area contributed by atoms with E-state index in [1.807, 2.05) is 0 Å². The Kier molecular flexibility index (Phi) is 3.11. The van der Waals surface area contributed by atoms with Crippen LogP contribution in [-0.4, -0.2) is 16.3 Å². The van der Waals surface area contributed by atoms with Gasteiger partial charge in [-0.1, -0.05) is 23.7 Å². The molecule has 0 fully saturated rings. The largest absolute Gasteiger partial charge is 0.465 e. The van der Waals surface area contributed by atoms with Gasteiger partial charge < -0.3 is 10.2 Å². The molecule has 70 valence electrons. The number of anilines is 1. The van der Waals surface area contributed by atoms with Crippen LogP contribution in [0.15, 0.2) is 18.2 Å². The molecule has 13 heavy (non-hydrogen) atoms. The first-order valence-corrected chi connectivity index (χ1v) is 3.91. The quantitative estimate of drug-likeness (QED) is 0.685. The highest BCUT2D eigenvalue weighted by molar-refractivity contribution is 6.34. The van der Waals surface area contributed by atoms with Crippen molar-refractivity contribution in [3.05, 3.63) is 28.8 Å². The molecule has 0 bridgehead atoms. The predicted molar refractivity (Wildman–Crippen MR) is 49.0 cm³/mol. The fraction of sp³-hybridized carbons (Fsp3) is 0.125. The summed E-state index contributed by atoms with van der Waals surface area (Å²) in [5, 5.41) is 19.6. The highest BCUT2D eigenvalue weighted by atomic mass is 35.5. The zero-order valence-corrected chi connectivity index (χ0v) is 7.38. The van der Waals surface area contributed by atoms with Crippen LogP contribution in [0.5, 0.6) is 0 Å². The first-order chi connectivity index (χ1) is 6.15. The average molecular weight is 202 g/mol. The van der Waals surface area contributed by atoms with Crippen LogP contribution in [0.2, 0.25) is 5.02 Å². The van der Waals surface area contributed by atoms with Crippen LogP contribution in [0, 0.1) is 0 Å². The average Bonchev–Trinajstić information content (AvgIpc) is 2.08. The van der Waals surface area contributed by atoms with Crippen molar-refractivity contribution < 1.29 is 15.0 Å². The molecular weight excluding hydrogens is 194 g/mol. The van der Waals surface area contributed by atoms with Gasteiger partial charge in [0, 0.05) is 0 Å². The van der Waals surface area contributed by atoms with Gasteiger partial charge in [-0.3, -0.25) is 5.32 Å². The lowest BCUT2D eigenvalue weighted by molar-refractivity contribution is 0.209. The van der Waals surface area contributed by atoms with E-state index in [4.69, 9.17) is 21.8 Å². The molecule has 1 aromatic rings. The third-order valence-electron chi connectivity index (χ3n) is 1.49. The van der Waals surface area contributed by atoms with Crippen molar-refractivity contribution in [2.45, 2.75) is 6.61 Å². The first-order valence-electron chi connectivity index (χ1n) is 3.53. The van der Waals surface area contributed by atoms with Crippen LogP contribution < -0.4 is 5.32 Å². The van der Waals surface area contributed by atoms with Gasteiger partial charge in [-0.25, -0.2) is 4.79 Å². The lowest BCUT2D eigenvalue weighted by Crippen LogP contribution is -2.08. The molecule has 1 aromatic carbocycles. The number of amides is 1. The van der Waals surface area contributed by atoms with Gasteiger partial charge in [0.05, 0.1) is 17.3 Å². The molecular formula is C8H8ClNO3. The molecule has 0 atom stereocenters. The molecule has 1 amide bonds. The summed E-state index contributed by atoms with van der Waals surface area (Å²) >= 11 is 5.77. The van der Waals surface area contributed by atoms with E-state index in [2.05, 4.69) is 5.32 Å². The summed E-state index contributed by atoms with van der Waals surface area (Å²) in [5.74, 6) is 0. The molecule has 0 aromatic heterocycles. The van der Waals surface area contributed by atoms with Crippen molar-refractivity contribution in [3.63, 3.8) is 0 Å². The lowest BCUT2D eigenvalue weighted by atomic mass is 10.2. The van der Waals surface area contributed by atoms with E-state index in [1.165, 1.54) is 6.07 Å². The van der Waals surface area contributed by atoms with Gasteiger partial charge in [0.15, 0.2) is 0 Å². The van der Waals surface area contributed by atoms with E-state index in [1.54, 1.807) is 12.1 Å². The maximum absolute atomic E-state index is 10.3. The molecule has 1 rings (SSSR count). The number of rotatable bonds is 2. The molecule has 4 nitrogen and oxygen atoms in total. The number of aliphatic hydroxyl groups excluding tert-OH is 1. The number of hydrogen-bond donors (Lipinski definition) is 3. The van der Waals surface area contributed by atoms with Gasteiger partial charge in [0.25, 0.3) is 0 Å². The molecule has 0 saturated heterocycles. The first kappa shape index (κ1) is 9.83. The number of halogens is 1. The van der Waals surface area contributed by atoms with Gasteiger partial charge in [-0.15, -0.1) is 0 Å². The highest BCUT2D eigenvalue weighted by Gasteiger charge is 2.06. The normalized spacial score (nSPS) is 9.69. The summed E-state index contributed by atoms with van der Waals surface area (Å²) in [4.78, 5) is 10.3. The number of benzene rings is 1.